The van der Waals surface area contributed by atoms with E-state index in [0.717, 1.165) is 41.2 Å². The number of anilines is 2. The number of urea groups is 1. The number of benzene rings is 4. The Morgan fingerprint density at radius 2 is 1.42 bits per heavy atom. The van der Waals surface area contributed by atoms with Gasteiger partial charge in [-0.15, -0.1) is 0 Å². The molecular formula is C36H33N5O2. The van der Waals surface area contributed by atoms with Crippen LogP contribution in [0.15, 0.2) is 122 Å². The lowest BCUT2D eigenvalue weighted by atomic mass is 9.86. The van der Waals surface area contributed by atoms with Gasteiger partial charge in [-0.3, -0.25) is 4.90 Å². The van der Waals surface area contributed by atoms with Crippen LogP contribution < -0.4 is 15.0 Å². The third-order valence-electron chi connectivity index (χ3n) is 8.25. The highest BCUT2D eigenvalue weighted by atomic mass is 16.5. The van der Waals surface area contributed by atoms with E-state index in [1.54, 1.807) is 6.33 Å². The lowest BCUT2D eigenvalue weighted by Crippen LogP contribution is -2.31. The Bertz CT molecular complexity index is 1680. The second-order valence-corrected chi connectivity index (χ2v) is 11.0. The Labute approximate surface area is 251 Å². The Kier molecular flexibility index (Phi) is 7.44. The van der Waals surface area contributed by atoms with Gasteiger partial charge >= 0.3 is 6.03 Å². The zero-order chi connectivity index (χ0) is 29.0. The maximum atomic E-state index is 13.1. The summed E-state index contributed by atoms with van der Waals surface area (Å²) < 4.78 is 6.45. The molecule has 2 aliphatic rings. The van der Waals surface area contributed by atoms with Crippen molar-refractivity contribution < 1.29 is 9.53 Å². The Balaban J connectivity index is 1.03. The zero-order valence-electron chi connectivity index (χ0n) is 23.8. The van der Waals surface area contributed by atoms with E-state index in [4.69, 9.17) is 4.74 Å². The fraction of sp³-hybridized carbons (Fsp3) is 0.194. The van der Waals surface area contributed by atoms with Crippen molar-refractivity contribution in [2.75, 3.05) is 29.9 Å². The smallest absolute Gasteiger partial charge is 0.324 e. The molecule has 7 nitrogen and oxygen atoms in total. The molecule has 7 rings (SSSR count). The van der Waals surface area contributed by atoms with E-state index in [2.05, 4.69) is 75.9 Å². The van der Waals surface area contributed by atoms with Gasteiger partial charge in [-0.25, -0.2) is 14.8 Å². The molecule has 2 amide bonds. The first kappa shape index (κ1) is 26.7. The third kappa shape index (κ3) is 5.54. The third-order valence-corrected chi connectivity index (χ3v) is 8.25. The van der Waals surface area contributed by atoms with E-state index in [0.29, 0.717) is 25.5 Å². The van der Waals surface area contributed by atoms with Crippen molar-refractivity contribution in [3.05, 3.63) is 149 Å². The molecule has 0 aliphatic carbocycles. The highest BCUT2D eigenvalue weighted by Gasteiger charge is 2.40. The molecule has 1 N–H and O–H groups in total. The quantitative estimate of drug-likeness (QED) is 0.211. The van der Waals surface area contributed by atoms with E-state index < -0.39 is 0 Å². The summed E-state index contributed by atoms with van der Waals surface area (Å²) in [6.45, 7) is 2.75. The Morgan fingerprint density at radius 3 is 2.14 bits per heavy atom. The molecule has 214 valence electrons. The summed E-state index contributed by atoms with van der Waals surface area (Å²) in [5, 5.41) is 3.57. The van der Waals surface area contributed by atoms with Crippen LogP contribution in [0.2, 0.25) is 0 Å². The number of hydrogen-bond donors (Lipinski definition) is 1. The molecule has 43 heavy (non-hydrogen) atoms. The van der Waals surface area contributed by atoms with Gasteiger partial charge < -0.3 is 15.0 Å². The van der Waals surface area contributed by atoms with Crippen LogP contribution in [0.1, 0.15) is 39.8 Å². The molecule has 0 spiro atoms. The SMILES string of the molecule is O=C1N(Cc2ccccc2)CCN1c1ccc(CCNc2ncnc3c2C(c2ccccc2)C(c2ccccc2)O3)cc1. The van der Waals surface area contributed by atoms with Gasteiger partial charge in [0.2, 0.25) is 5.88 Å². The molecule has 3 heterocycles. The fourth-order valence-corrected chi connectivity index (χ4v) is 6.08. The first-order chi connectivity index (χ1) is 21.2. The molecule has 1 fully saturated rings. The second-order valence-electron chi connectivity index (χ2n) is 11.0. The van der Waals surface area contributed by atoms with Gasteiger partial charge in [-0.05, 0) is 40.8 Å². The number of nitrogens with one attached hydrogen (secondary N) is 1. The van der Waals surface area contributed by atoms with E-state index in [1.165, 1.54) is 11.1 Å². The van der Waals surface area contributed by atoms with E-state index in [9.17, 15) is 4.79 Å². The van der Waals surface area contributed by atoms with Crippen molar-refractivity contribution in [2.45, 2.75) is 25.0 Å². The largest absolute Gasteiger partial charge is 0.468 e. The summed E-state index contributed by atoms with van der Waals surface area (Å²) in [6.07, 6.45) is 2.20. The first-order valence-electron chi connectivity index (χ1n) is 14.8. The van der Waals surface area contributed by atoms with Crippen LogP contribution in [0, 0.1) is 0 Å². The average Bonchev–Trinajstić information content (AvgIpc) is 3.64. The zero-order valence-corrected chi connectivity index (χ0v) is 23.8. The predicted molar refractivity (Wildman–Crippen MR) is 168 cm³/mol. The first-order valence-corrected chi connectivity index (χ1v) is 14.8. The predicted octanol–water partition coefficient (Wildman–Crippen LogP) is 6.84. The molecule has 1 saturated heterocycles. The second kappa shape index (κ2) is 12.0. The van der Waals surface area contributed by atoms with E-state index in [1.807, 2.05) is 64.4 Å². The normalized spacial score (nSPS) is 17.5. The minimum absolute atomic E-state index is 0.0268. The molecule has 0 radical (unpaired) electrons. The number of fused-ring (bicyclic) bond motifs is 1. The van der Waals surface area contributed by atoms with Gasteiger partial charge in [0.25, 0.3) is 0 Å². The molecular weight excluding hydrogens is 534 g/mol. The monoisotopic (exact) mass is 567 g/mol. The van der Waals surface area contributed by atoms with E-state index in [-0.39, 0.29) is 18.1 Å². The number of carbonyl (C=O) groups is 1. The van der Waals surface area contributed by atoms with Crippen LogP contribution in [-0.4, -0.2) is 40.5 Å². The lowest BCUT2D eigenvalue weighted by molar-refractivity contribution is 0.215. The topological polar surface area (TPSA) is 70.6 Å². The van der Waals surface area contributed by atoms with Gasteiger partial charge in [0.1, 0.15) is 18.2 Å². The molecule has 2 aliphatic heterocycles. The van der Waals surface area contributed by atoms with Crippen LogP contribution in [-0.2, 0) is 13.0 Å². The van der Waals surface area contributed by atoms with Gasteiger partial charge in [0, 0.05) is 31.9 Å². The fourth-order valence-electron chi connectivity index (χ4n) is 6.08. The molecule has 2 unspecified atom stereocenters. The summed E-state index contributed by atoms with van der Waals surface area (Å²) in [5.74, 6) is 1.40. The summed E-state index contributed by atoms with van der Waals surface area (Å²) in [4.78, 5) is 26.0. The molecule has 0 saturated carbocycles. The van der Waals surface area contributed by atoms with Crippen LogP contribution in [0.5, 0.6) is 5.88 Å². The van der Waals surface area contributed by atoms with Crippen molar-refractivity contribution in [3.63, 3.8) is 0 Å². The van der Waals surface area contributed by atoms with Crippen molar-refractivity contribution in [2.24, 2.45) is 0 Å². The van der Waals surface area contributed by atoms with Crippen molar-refractivity contribution in [3.8, 4) is 5.88 Å². The van der Waals surface area contributed by atoms with Crippen LogP contribution in [0.4, 0.5) is 16.3 Å². The number of ether oxygens (including phenoxy) is 1. The molecule has 1 aromatic heterocycles. The van der Waals surface area contributed by atoms with Gasteiger partial charge in [-0.2, -0.15) is 0 Å². The minimum Gasteiger partial charge on any atom is -0.468 e. The molecule has 4 aromatic carbocycles. The number of rotatable bonds is 9. The van der Waals surface area contributed by atoms with E-state index >= 15 is 0 Å². The minimum atomic E-state index is -0.180. The average molecular weight is 568 g/mol. The maximum absolute atomic E-state index is 13.1. The van der Waals surface area contributed by atoms with Gasteiger partial charge in [-0.1, -0.05) is 103 Å². The van der Waals surface area contributed by atoms with Gasteiger partial charge in [0.05, 0.1) is 11.5 Å². The van der Waals surface area contributed by atoms with Crippen molar-refractivity contribution >= 4 is 17.5 Å². The van der Waals surface area contributed by atoms with Gasteiger partial charge in [0.15, 0.2) is 0 Å². The van der Waals surface area contributed by atoms with Crippen LogP contribution in [0.3, 0.4) is 0 Å². The maximum Gasteiger partial charge on any atom is 0.324 e. The molecule has 5 aromatic rings. The summed E-state index contributed by atoms with van der Waals surface area (Å²) >= 11 is 0. The standard InChI is InChI=1S/C36H33N5O2/c42-36-40(24-27-10-4-1-5-11-27)22-23-41(36)30-18-16-26(17-19-30)20-21-37-34-32-31(28-12-6-2-7-13-28)33(29-14-8-3-9-15-29)43-35(32)39-25-38-34/h1-19,25,31,33H,20-24H2,(H,37,38,39). The van der Waals surface area contributed by atoms with Crippen LogP contribution in [0.25, 0.3) is 0 Å². The number of amides is 2. The van der Waals surface area contributed by atoms with Crippen molar-refractivity contribution in [1.29, 1.82) is 0 Å². The Hall–Kier alpha value is -5.17. The number of nitrogens with zero attached hydrogens (tertiary/aromatic N) is 4. The number of aromatic nitrogens is 2. The molecule has 7 heteroatoms. The summed E-state index contributed by atoms with van der Waals surface area (Å²) in [5.41, 5.74) is 6.54. The molecule has 2 atom stereocenters. The highest BCUT2D eigenvalue weighted by molar-refractivity contribution is 5.94. The summed E-state index contributed by atoms with van der Waals surface area (Å²) in [7, 11) is 0. The van der Waals surface area contributed by atoms with Crippen LogP contribution >= 0.6 is 0 Å². The van der Waals surface area contributed by atoms with Crippen molar-refractivity contribution in [1.82, 2.24) is 14.9 Å². The lowest BCUT2D eigenvalue weighted by Gasteiger charge is -2.20. The number of hydrogen-bond acceptors (Lipinski definition) is 5. The highest BCUT2D eigenvalue weighted by Crippen LogP contribution is 2.50. The Morgan fingerprint density at radius 1 is 0.744 bits per heavy atom. The molecule has 0 bridgehead atoms. The summed E-state index contributed by atoms with van der Waals surface area (Å²) in [6, 6.07) is 39.3. The number of carbonyl (C=O) groups excluding carboxylic acids is 1.